The molecular weight excluding hydrogens is 234 g/mol. The summed E-state index contributed by atoms with van der Waals surface area (Å²) in [6.45, 7) is 0. The highest BCUT2D eigenvalue weighted by Gasteiger charge is 2.51. The summed E-state index contributed by atoms with van der Waals surface area (Å²) in [6, 6.07) is 0. The summed E-state index contributed by atoms with van der Waals surface area (Å²) in [5, 5.41) is 2.83. The summed E-state index contributed by atoms with van der Waals surface area (Å²) in [5.74, 6) is -0.121. The van der Waals surface area contributed by atoms with Crippen molar-refractivity contribution in [2.45, 2.75) is 42.5 Å². The van der Waals surface area contributed by atoms with Crippen LogP contribution >= 0.6 is 15.9 Å². The van der Waals surface area contributed by atoms with Crippen molar-refractivity contribution >= 4 is 27.6 Å². The average molecular weight is 246 g/mol. The fourth-order valence-corrected chi connectivity index (χ4v) is 2.80. The van der Waals surface area contributed by atoms with Gasteiger partial charge in [-0.25, -0.2) is 0 Å². The Kier molecular flexibility index (Phi) is 2.18. The van der Waals surface area contributed by atoms with E-state index in [1.54, 1.807) is 0 Å². The van der Waals surface area contributed by atoms with Gasteiger partial charge in [-0.2, -0.15) is 0 Å². The van der Waals surface area contributed by atoms with E-state index in [0.717, 1.165) is 25.7 Å². The molecule has 0 aromatic heterocycles. The van der Waals surface area contributed by atoms with E-state index in [4.69, 9.17) is 0 Å². The number of amides is 1. The molecule has 0 aromatic carbocycles. The molecule has 1 unspecified atom stereocenters. The van der Waals surface area contributed by atoms with Gasteiger partial charge < -0.3 is 5.32 Å². The zero-order chi connectivity index (χ0) is 9.47. The molecule has 1 atom stereocenters. The number of alkyl halides is 1. The minimum absolute atomic E-state index is 0.0391. The highest BCUT2D eigenvalue weighted by Crippen LogP contribution is 2.35. The quantitative estimate of drug-likeness (QED) is 0.514. The maximum absolute atomic E-state index is 11.8. The lowest BCUT2D eigenvalue weighted by Gasteiger charge is -2.31. The standard InChI is InChI=1S/C9H12BrNO2/c10-6-7(12)9(11-8(6)13)4-2-1-3-5-9/h6H,1-5H2,(H,11,13). The molecular formula is C9H12BrNO2. The van der Waals surface area contributed by atoms with E-state index in [9.17, 15) is 9.59 Å². The largest absolute Gasteiger partial charge is 0.342 e. The summed E-state index contributed by atoms with van der Waals surface area (Å²) in [6.07, 6.45) is 4.91. The molecule has 1 spiro atoms. The maximum Gasteiger partial charge on any atom is 0.242 e. The molecule has 2 rings (SSSR count). The SMILES string of the molecule is O=C1NC2(CCCCC2)C(=O)C1Br. The van der Waals surface area contributed by atoms with E-state index in [1.807, 2.05) is 0 Å². The monoisotopic (exact) mass is 245 g/mol. The molecule has 3 nitrogen and oxygen atoms in total. The molecule has 1 saturated carbocycles. The summed E-state index contributed by atoms with van der Waals surface area (Å²) >= 11 is 3.12. The van der Waals surface area contributed by atoms with Crippen molar-refractivity contribution < 1.29 is 9.59 Å². The lowest BCUT2D eigenvalue weighted by molar-refractivity contribution is -0.123. The van der Waals surface area contributed by atoms with Crippen LogP contribution in [0.5, 0.6) is 0 Å². The lowest BCUT2D eigenvalue weighted by atomic mass is 9.80. The second-order valence-corrected chi connectivity index (χ2v) is 4.77. The van der Waals surface area contributed by atoms with Crippen molar-refractivity contribution in [2.24, 2.45) is 0 Å². The van der Waals surface area contributed by atoms with Crippen molar-refractivity contribution in [1.29, 1.82) is 0 Å². The molecule has 1 aliphatic heterocycles. The van der Waals surface area contributed by atoms with Crippen LogP contribution in [-0.4, -0.2) is 22.1 Å². The van der Waals surface area contributed by atoms with E-state index >= 15 is 0 Å². The van der Waals surface area contributed by atoms with E-state index in [0.29, 0.717) is 0 Å². The van der Waals surface area contributed by atoms with Crippen molar-refractivity contribution in [3.8, 4) is 0 Å². The van der Waals surface area contributed by atoms with E-state index in [1.165, 1.54) is 6.42 Å². The van der Waals surface area contributed by atoms with Crippen LogP contribution in [0.4, 0.5) is 0 Å². The number of ketones is 1. The van der Waals surface area contributed by atoms with Gasteiger partial charge in [-0.15, -0.1) is 0 Å². The summed E-state index contributed by atoms with van der Waals surface area (Å²) in [4.78, 5) is 22.4. The van der Waals surface area contributed by atoms with Gasteiger partial charge in [0, 0.05) is 0 Å². The van der Waals surface area contributed by atoms with Gasteiger partial charge in [-0.05, 0) is 12.8 Å². The number of carbonyl (C=O) groups excluding carboxylic acids is 2. The van der Waals surface area contributed by atoms with Crippen molar-refractivity contribution in [3.63, 3.8) is 0 Å². The van der Waals surface area contributed by atoms with Crippen LogP contribution in [0.25, 0.3) is 0 Å². The third-order valence-electron chi connectivity index (χ3n) is 3.00. The molecule has 13 heavy (non-hydrogen) atoms. The van der Waals surface area contributed by atoms with Gasteiger partial charge in [0.1, 0.15) is 5.54 Å². The average Bonchev–Trinajstić information content (AvgIpc) is 2.33. The molecule has 0 bridgehead atoms. The van der Waals surface area contributed by atoms with Gasteiger partial charge in [-0.1, -0.05) is 35.2 Å². The van der Waals surface area contributed by atoms with Gasteiger partial charge in [0.15, 0.2) is 10.6 Å². The zero-order valence-corrected chi connectivity index (χ0v) is 8.89. The van der Waals surface area contributed by atoms with Crippen molar-refractivity contribution in [1.82, 2.24) is 5.32 Å². The first-order chi connectivity index (χ1) is 6.16. The number of halogens is 1. The maximum atomic E-state index is 11.8. The van der Waals surface area contributed by atoms with Crippen LogP contribution in [0.2, 0.25) is 0 Å². The molecule has 1 aliphatic carbocycles. The fourth-order valence-electron chi connectivity index (χ4n) is 2.25. The number of hydrogen-bond acceptors (Lipinski definition) is 2. The number of rotatable bonds is 0. The van der Waals surface area contributed by atoms with Crippen LogP contribution < -0.4 is 5.32 Å². The third-order valence-corrected chi connectivity index (χ3v) is 3.83. The second-order valence-electron chi connectivity index (χ2n) is 3.86. The molecule has 1 saturated heterocycles. The Morgan fingerprint density at radius 1 is 1.23 bits per heavy atom. The molecule has 1 heterocycles. The first-order valence-corrected chi connectivity index (χ1v) is 5.58. The van der Waals surface area contributed by atoms with Gasteiger partial charge in [0.25, 0.3) is 0 Å². The van der Waals surface area contributed by atoms with E-state index < -0.39 is 10.4 Å². The molecule has 1 N–H and O–H groups in total. The molecule has 2 aliphatic rings. The Morgan fingerprint density at radius 3 is 2.31 bits per heavy atom. The lowest BCUT2D eigenvalue weighted by Crippen LogP contribution is -2.48. The Morgan fingerprint density at radius 2 is 1.85 bits per heavy atom. The molecule has 0 radical (unpaired) electrons. The summed E-state index contributed by atoms with van der Waals surface area (Å²) in [5.41, 5.74) is -0.510. The Bertz CT molecular complexity index is 258. The van der Waals surface area contributed by atoms with Crippen LogP contribution in [0.1, 0.15) is 32.1 Å². The smallest absolute Gasteiger partial charge is 0.242 e. The Labute approximate surface area is 85.4 Å². The molecule has 1 amide bonds. The summed E-state index contributed by atoms with van der Waals surface area (Å²) in [7, 11) is 0. The second kappa shape index (κ2) is 3.08. The third kappa shape index (κ3) is 1.31. The van der Waals surface area contributed by atoms with Crippen LogP contribution in [-0.2, 0) is 9.59 Å². The molecule has 0 aromatic rings. The number of Topliss-reactive ketones (excluding diaryl/α,β-unsaturated/α-hetero) is 1. The van der Waals surface area contributed by atoms with Crippen LogP contribution in [0.3, 0.4) is 0 Å². The van der Waals surface area contributed by atoms with E-state index in [-0.39, 0.29) is 11.7 Å². The van der Waals surface area contributed by atoms with Gasteiger partial charge in [-0.3, -0.25) is 9.59 Å². The van der Waals surface area contributed by atoms with Crippen LogP contribution in [0.15, 0.2) is 0 Å². The Hall–Kier alpha value is -0.380. The van der Waals surface area contributed by atoms with E-state index in [2.05, 4.69) is 21.2 Å². The van der Waals surface area contributed by atoms with Gasteiger partial charge in [0.2, 0.25) is 5.91 Å². The molecule has 72 valence electrons. The predicted octanol–water partition coefficient (Wildman–Crippen LogP) is 1.15. The Balaban J connectivity index is 2.23. The molecule has 4 heteroatoms. The van der Waals surface area contributed by atoms with Gasteiger partial charge >= 0.3 is 0 Å². The minimum Gasteiger partial charge on any atom is -0.342 e. The minimum atomic E-state index is -0.606. The first-order valence-electron chi connectivity index (χ1n) is 4.66. The molecule has 2 fully saturated rings. The van der Waals surface area contributed by atoms with Crippen molar-refractivity contribution in [2.75, 3.05) is 0 Å². The zero-order valence-electron chi connectivity index (χ0n) is 7.31. The summed E-state index contributed by atoms with van der Waals surface area (Å²) < 4.78 is 0. The highest BCUT2D eigenvalue weighted by molar-refractivity contribution is 9.10. The predicted molar refractivity (Wildman–Crippen MR) is 51.7 cm³/mol. The van der Waals surface area contributed by atoms with Crippen molar-refractivity contribution in [3.05, 3.63) is 0 Å². The first kappa shape index (κ1) is 9.19. The normalized spacial score (nSPS) is 32.2. The number of hydrogen-bond donors (Lipinski definition) is 1. The van der Waals surface area contributed by atoms with Gasteiger partial charge in [0.05, 0.1) is 0 Å². The number of carbonyl (C=O) groups is 2. The number of nitrogens with one attached hydrogen (secondary N) is 1. The topological polar surface area (TPSA) is 46.2 Å². The fraction of sp³-hybridized carbons (Fsp3) is 0.778. The highest BCUT2D eigenvalue weighted by atomic mass is 79.9. The van der Waals surface area contributed by atoms with Crippen LogP contribution in [0, 0.1) is 0 Å².